The minimum Gasteiger partial charge on any atom is -0.379 e. The molecule has 2 unspecified atom stereocenters. The lowest BCUT2D eigenvalue weighted by Crippen LogP contribution is -2.62. The Morgan fingerprint density at radius 3 is 2.71 bits per heavy atom. The third kappa shape index (κ3) is 2.16. The van der Waals surface area contributed by atoms with Crippen molar-refractivity contribution in [3.63, 3.8) is 0 Å². The Bertz CT molecular complexity index is 335. The molecule has 2 saturated heterocycles. The fraction of sp³-hybridized carbons (Fsp3) is 0.833. The van der Waals surface area contributed by atoms with Gasteiger partial charge in [0.15, 0.2) is 0 Å². The van der Waals surface area contributed by atoms with Crippen molar-refractivity contribution in [2.24, 2.45) is 5.92 Å². The zero-order chi connectivity index (χ0) is 11.8. The molecule has 17 heavy (non-hydrogen) atoms. The lowest BCUT2D eigenvalue weighted by Gasteiger charge is -2.39. The highest BCUT2D eigenvalue weighted by molar-refractivity contribution is 5.95. The first-order valence-electron chi connectivity index (χ1n) is 6.43. The summed E-state index contributed by atoms with van der Waals surface area (Å²) in [5.74, 6) is 0.452. The summed E-state index contributed by atoms with van der Waals surface area (Å²) in [6.45, 7) is 1.56. The number of hydrogen-bond acceptors (Lipinski definition) is 3. The maximum atomic E-state index is 12.3. The number of nitrogens with zero attached hydrogens (tertiary/aromatic N) is 1. The first kappa shape index (κ1) is 11.0. The van der Waals surface area contributed by atoms with Crippen LogP contribution in [0.4, 0.5) is 0 Å². The van der Waals surface area contributed by atoms with E-state index in [1.807, 2.05) is 0 Å². The molecule has 1 aliphatic carbocycles. The van der Waals surface area contributed by atoms with E-state index in [4.69, 9.17) is 4.74 Å². The highest BCUT2D eigenvalue weighted by Crippen LogP contribution is 2.35. The van der Waals surface area contributed by atoms with Crippen LogP contribution in [0.2, 0.25) is 0 Å². The Balaban J connectivity index is 1.72. The molecule has 0 radical (unpaired) electrons. The Kier molecular flexibility index (Phi) is 2.78. The molecular weight excluding hydrogens is 220 g/mol. The summed E-state index contributed by atoms with van der Waals surface area (Å²) in [5.41, 5.74) is 0. The van der Waals surface area contributed by atoms with Crippen LogP contribution < -0.4 is 5.32 Å². The van der Waals surface area contributed by atoms with Gasteiger partial charge >= 0.3 is 0 Å². The highest BCUT2D eigenvalue weighted by Gasteiger charge is 2.44. The van der Waals surface area contributed by atoms with Crippen LogP contribution in [0.5, 0.6) is 0 Å². The molecule has 0 aromatic carbocycles. The van der Waals surface area contributed by atoms with Gasteiger partial charge in [-0.15, -0.1) is 0 Å². The molecule has 1 saturated carbocycles. The zero-order valence-corrected chi connectivity index (χ0v) is 9.85. The molecular formula is C12H18N2O3. The van der Waals surface area contributed by atoms with Crippen LogP contribution in [-0.2, 0) is 14.3 Å². The number of ether oxygens (including phenoxy) is 1. The van der Waals surface area contributed by atoms with Crippen molar-refractivity contribution in [1.29, 1.82) is 0 Å². The fourth-order valence-electron chi connectivity index (χ4n) is 2.72. The van der Waals surface area contributed by atoms with Crippen molar-refractivity contribution in [3.8, 4) is 0 Å². The van der Waals surface area contributed by atoms with Crippen LogP contribution in [0.3, 0.4) is 0 Å². The molecule has 3 fully saturated rings. The van der Waals surface area contributed by atoms with E-state index in [1.165, 1.54) is 0 Å². The summed E-state index contributed by atoms with van der Waals surface area (Å²) >= 11 is 0. The largest absolute Gasteiger partial charge is 0.379 e. The summed E-state index contributed by atoms with van der Waals surface area (Å²) in [6, 6.07) is -0.165. The minimum absolute atomic E-state index is 0.0212. The Morgan fingerprint density at radius 2 is 2.06 bits per heavy atom. The highest BCUT2D eigenvalue weighted by atomic mass is 16.5. The number of rotatable bonds is 2. The average molecular weight is 238 g/mol. The molecule has 0 aromatic heterocycles. The number of hydrogen-bond donors (Lipinski definition) is 1. The van der Waals surface area contributed by atoms with Crippen LogP contribution >= 0.6 is 0 Å². The van der Waals surface area contributed by atoms with Gasteiger partial charge in [-0.1, -0.05) is 0 Å². The second-order valence-electron chi connectivity index (χ2n) is 5.22. The van der Waals surface area contributed by atoms with E-state index in [0.29, 0.717) is 12.5 Å². The molecule has 0 spiro atoms. The Morgan fingerprint density at radius 1 is 1.24 bits per heavy atom. The van der Waals surface area contributed by atoms with Gasteiger partial charge in [0.05, 0.1) is 19.2 Å². The predicted molar refractivity (Wildman–Crippen MR) is 60.2 cm³/mol. The summed E-state index contributed by atoms with van der Waals surface area (Å²) in [7, 11) is 0. The smallest absolute Gasteiger partial charge is 0.246 e. The van der Waals surface area contributed by atoms with Gasteiger partial charge in [0.25, 0.3) is 0 Å². The third-order valence-electron chi connectivity index (χ3n) is 3.85. The number of amides is 2. The van der Waals surface area contributed by atoms with Gasteiger partial charge in [0, 0.05) is 6.61 Å². The maximum Gasteiger partial charge on any atom is 0.246 e. The fourth-order valence-corrected chi connectivity index (χ4v) is 2.72. The first-order chi connectivity index (χ1) is 8.25. The molecule has 0 aromatic rings. The third-order valence-corrected chi connectivity index (χ3v) is 3.85. The van der Waals surface area contributed by atoms with Gasteiger partial charge in [-0.05, 0) is 31.6 Å². The second-order valence-corrected chi connectivity index (χ2v) is 5.22. The molecule has 0 bridgehead atoms. The van der Waals surface area contributed by atoms with E-state index in [9.17, 15) is 9.59 Å². The predicted octanol–water partition coefficient (Wildman–Crippen LogP) is -0.0976. The molecule has 1 N–H and O–H groups in total. The summed E-state index contributed by atoms with van der Waals surface area (Å²) in [4.78, 5) is 25.7. The monoisotopic (exact) mass is 238 g/mol. The van der Waals surface area contributed by atoms with Gasteiger partial charge in [-0.3, -0.25) is 9.59 Å². The summed E-state index contributed by atoms with van der Waals surface area (Å²) < 4.78 is 5.40. The van der Waals surface area contributed by atoms with Crippen LogP contribution in [0.25, 0.3) is 0 Å². The van der Waals surface area contributed by atoms with Crippen LogP contribution in [0.1, 0.15) is 25.7 Å². The standard InChI is InChI=1S/C12H18N2O3/c15-10-6-14(9-2-1-5-17-7-9)12(16)11(13-10)8-3-4-8/h8-9,11H,1-7H2,(H,13,15). The minimum atomic E-state index is -0.266. The number of nitrogens with one attached hydrogen (secondary N) is 1. The van der Waals surface area contributed by atoms with Gasteiger partial charge in [-0.2, -0.15) is 0 Å². The van der Waals surface area contributed by atoms with Gasteiger partial charge in [0.1, 0.15) is 6.04 Å². The average Bonchev–Trinajstić information content (AvgIpc) is 3.17. The van der Waals surface area contributed by atoms with E-state index in [2.05, 4.69) is 5.32 Å². The van der Waals surface area contributed by atoms with Crippen molar-refractivity contribution < 1.29 is 14.3 Å². The van der Waals surface area contributed by atoms with E-state index in [0.717, 1.165) is 32.3 Å². The quantitative estimate of drug-likeness (QED) is 0.731. The molecule has 2 amide bonds. The second kappa shape index (κ2) is 4.29. The van der Waals surface area contributed by atoms with Gasteiger partial charge < -0.3 is 15.0 Å². The van der Waals surface area contributed by atoms with Gasteiger partial charge in [0.2, 0.25) is 11.8 Å². The number of carbonyl (C=O) groups is 2. The maximum absolute atomic E-state index is 12.3. The van der Waals surface area contributed by atoms with E-state index < -0.39 is 0 Å². The topological polar surface area (TPSA) is 58.6 Å². The number of piperazine rings is 1. The molecule has 3 rings (SSSR count). The van der Waals surface area contributed by atoms with Crippen LogP contribution in [0, 0.1) is 5.92 Å². The molecule has 2 heterocycles. The van der Waals surface area contributed by atoms with Crippen LogP contribution in [0.15, 0.2) is 0 Å². The zero-order valence-electron chi connectivity index (χ0n) is 9.85. The SMILES string of the molecule is O=C1CN(C2CCCOC2)C(=O)C(C2CC2)N1. The lowest BCUT2D eigenvalue weighted by atomic mass is 10.0. The van der Waals surface area contributed by atoms with Crippen molar-refractivity contribution >= 4 is 11.8 Å². The van der Waals surface area contributed by atoms with Crippen LogP contribution in [-0.4, -0.2) is 48.6 Å². The first-order valence-corrected chi connectivity index (χ1v) is 6.43. The van der Waals surface area contributed by atoms with Crippen molar-refractivity contribution in [1.82, 2.24) is 10.2 Å². The van der Waals surface area contributed by atoms with Crippen molar-refractivity contribution in [3.05, 3.63) is 0 Å². The molecule has 94 valence electrons. The molecule has 3 aliphatic rings. The van der Waals surface area contributed by atoms with E-state index in [-0.39, 0.29) is 30.4 Å². The Hall–Kier alpha value is -1.10. The van der Waals surface area contributed by atoms with Gasteiger partial charge in [-0.25, -0.2) is 0 Å². The van der Waals surface area contributed by atoms with Crippen molar-refractivity contribution in [2.75, 3.05) is 19.8 Å². The molecule has 5 nitrogen and oxygen atoms in total. The summed E-state index contributed by atoms with van der Waals surface area (Å²) in [6.07, 6.45) is 4.05. The Labute approximate surface area is 100 Å². The normalized spacial score (nSPS) is 34.7. The lowest BCUT2D eigenvalue weighted by molar-refractivity contribution is -0.150. The van der Waals surface area contributed by atoms with E-state index >= 15 is 0 Å². The van der Waals surface area contributed by atoms with Crippen molar-refractivity contribution in [2.45, 2.75) is 37.8 Å². The molecule has 2 atom stereocenters. The molecule has 5 heteroatoms. The van der Waals surface area contributed by atoms with E-state index in [1.54, 1.807) is 4.90 Å². The molecule has 2 aliphatic heterocycles. The summed E-state index contributed by atoms with van der Waals surface area (Å²) in [5, 5.41) is 2.83. The number of carbonyl (C=O) groups excluding carboxylic acids is 2.